The smallest absolute Gasteiger partial charge is 0.274 e. The van der Waals surface area contributed by atoms with E-state index in [1.807, 2.05) is 18.5 Å². The maximum Gasteiger partial charge on any atom is 0.274 e. The molecule has 0 amide bonds. The van der Waals surface area contributed by atoms with Gasteiger partial charge in [0.1, 0.15) is 0 Å². The summed E-state index contributed by atoms with van der Waals surface area (Å²) in [6.07, 6.45) is 0.897. The zero-order valence-electron chi connectivity index (χ0n) is 14.8. The molecule has 0 atom stereocenters. The molecule has 1 heterocycles. The lowest BCUT2D eigenvalue weighted by atomic mass is 10.2. The van der Waals surface area contributed by atoms with Gasteiger partial charge in [0.2, 0.25) is 0 Å². The van der Waals surface area contributed by atoms with Crippen LogP contribution in [0.5, 0.6) is 0 Å². The Morgan fingerprint density at radius 2 is 2.08 bits per heavy atom. The van der Waals surface area contributed by atoms with E-state index in [9.17, 15) is 10.1 Å². The van der Waals surface area contributed by atoms with Gasteiger partial charge in [0.15, 0.2) is 5.96 Å². The molecular weight excluding hydrogens is 320 g/mol. The van der Waals surface area contributed by atoms with Gasteiger partial charge in [0.05, 0.1) is 10.6 Å². The molecule has 0 saturated carbocycles. The van der Waals surface area contributed by atoms with E-state index in [2.05, 4.69) is 26.8 Å². The molecule has 25 heavy (non-hydrogen) atoms. The van der Waals surface area contributed by atoms with E-state index in [1.165, 1.54) is 6.07 Å². The second-order valence-electron chi connectivity index (χ2n) is 5.74. The lowest BCUT2D eigenvalue weighted by molar-refractivity contribution is -0.385. The third-order valence-electron chi connectivity index (χ3n) is 3.80. The van der Waals surface area contributed by atoms with Crippen molar-refractivity contribution >= 4 is 11.6 Å². The van der Waals surface area contributed by atoms with Crippen molar-refractivity contribution in [1.82, 2.24) is 20.4 Å². The van der Waals surface area contributed by atoms with Crippen LogP contribution in [0.3, 0.4) is 0 Å². The van der Waals surface area contributed by atoms with E-state index < -0.39 is 0 Å². The summed E-state index contributed by atoms with van der Waals surface area (Å²) >= 11 is 0. The van der Waals surface area contributed by atoms with Crippen molar-refractivity contribution in [2.45, 2.75) is 33.4 Å². The van der Waals surface area contributed by atoms with Gasteiger partial charge in [0, 0.05) is 44.0 Å². The molecule has 8 heteroatoms. The summed E-state index contributed by atoms with van der Waals surface area (Å²) in [6, 6.07) is 8.74. The molecule has 0 saturated heterocycles. The number of nitro benzene ring substituents is 1. The average Bonchev–Trinajstić information content (AvgIpc) is 2.91. The highest BCUT2D eigenvalue weighted by Crippen LogP contribution is 2.16. The molecule has 0 spiro atoms. The van der Waals surface area contributed by atoms with E-state index in [4.69, 9.17) is 0 Å². The van der Waals surface area contributed by atoms with Crippen molar-refractivity contribution in [3.05, 3.63) is 57.4 Å². The molecule has 0 unspecified atom stereocenters. The predicted octanol–water partition coefficient (Wildman–Crippen LogP) is 2.16. The van der Waals surface area contributed by atoms with E-state index >= 15 is 0 Å². The number of guanidine groups is 1. The number of aromatic nitrogens is 2. The van der Waals surface area contributed by atoms with Gasteiger partial charge in [-0.15, -0.1) is 0 Å². The molecule has 0 aliphatic carbocycles. The number of hydrogen-bond acceptors (Lipinski definition) is 4. The van der Waals surface area contributed by atoms with E-state index in [1.54, 1.807) is 25.2 Å². The minimum atomic E-state index is -0.373. The van der Waals surface area contributed by atoms with E-state index in [0.29, 0.717) is 18.1 Å². The number of para-hydroxylation sites is 1. The molecule has 0 aliphatic rings. The second kappa shape index (κ2) is 8.81. The summed E-state index contributed by atoms with van der Waals surface area (Å²) in [5.41, 5.74) is 2.90. The molecule has 2 aromatic rings. The number of hydrogen-bond donors (Lipinski definition) is 2. The Bertz CT molecular complexity index is 753. The molecule has 0 bridgehead atoms. The second-order valence-corrected chi connectivity index (χ2v) is 5.74. The Balaban J connectivity index is 1.79. The minimum Gasteiger partial charge on any atom is -0.356 e. The molecule has 0 radical (unpaired) electrons. The maximum atomic E-state index is 11.0. The van der Waals surface area contributed by atoms with E-state index in [-0.39, 0.29) is 10.6 Å². The fourth-order valence-electron chi connectivity index (χ4n) is 2.57. The van der Waals surface area contributed by atoms with Crippen LogP contribution in [0.25, 0.3) is 0 Å². The number of rotatable bonds is 7. The fraction of sp³-hybridized carbons (Fsp3) is 0.412. The number of benzene rings is 1. The molecular formula is C17H24N6O2. The largest absolute Gasteiger partial charge is 0.356 e. The van der Waals surface area contributed by atoms with Gasteiger partial charge in [-0.05, 0) is 26.3 Å². The Labute approximate surface area is 147 Å². The predicted molar refractivity (Wildman–Crippen MR) is 97.6 cm³/mol. The first-order valence-corrected chi connectivity index (χ1v) is 8.19. The third-order valence-corrected chi connectivity index (χ3v) is 3.80. The van der Waals surface area contributed by atoms with Crippen LogP contribution >= 0.6 is 0 Å². The minimum absolute atomic E-state index is 0.106. The molecule has 0 fully saturated rings. The zero-order valence-corrected chi connectivity index (χ0v) is 14.8. The SMILES string of the molecule is CN=C(NCCCn1nc(C)cc1C)NCc1ccccc1[N+](=O)[O-]. The summed E-state index contributed by atoms with van der Waals surface area (Å²) in [5, 5.41) is 21.8. The summed E-state index contributed by atoms with van der Waals surface area (Å²) in [5.74, 6) is 0.617. The van der Waals surface area contributed by atoms with Crippen LogP contribution in [0.15, 0.2) is 35.3 Å². The maximum absolute atomic E-state index is 11.0. The number of nitrogens with one attached hydrogen (secondary N) is 2. The summed E-state index contributed by atoms with van der Waals surface area (Å²) in [6.45, 7) is 5.92. The molecule has 8 nitrogen and oxygen atoms in total. The molecule has 1 aromatic carbocycles. The highest BCUT2D eigenvalue weighted by Gasteiger charge is 2.12. The normalized spacial score (nSPS) is 11.4. The van der Waals surface area contributed by atoms with Crippen LogP contribution in [0, 0.1) is 24.0 Å². The third kappa shape index (κ3) is 5.30. The van der Waals surface area contributed by atoms with Crippen LogP contribution in [0.4, 0.5) is 5.69 Å². The number of nitrogens with zero attached hydrogens (tertiary/aromatic N) is 4. The fourth-order valence-corrected chi connectivity index (χ4v) is 2.57. The highest BCUT2D eigenvalue weighted by atomic mass is 16.6. The first kappa shape index (κ1) is 18.4. The van der Waals surface area contributed by atoms with Gasteiger partial charge >= 0.3 is 0 Å². The summed E-state index contributed by atoms with van der Waals surface area (Å²) in [4.78, 5) is 14.8. The number of aliphatic imine (C=N–C) groups is 1. The van der Waals surface area contributed by atoms with Crippen molar-refractivity contribution in [1.29, 1.82) is 0 Å². The topological polar surface area (TPSA) is 97.4 Å². The first-order valence-electron chi connectivity index (χ1n) is 8.19. The Morgan fingerprint density at radius 1 is 1.32 bits per heavy atom. The molecule has 1 aromatic heterocycles. The standard InChI is InChI=1S/C17H24N6O2/c1-13-11-14(2)22(21-13)10-6-9-19-17(18-3)20-12-15-7-4-5-8-16(15)23(24)25/h4-5,7-8,11H,6,9-10,12H2,1-3H3,(H2,18,19,20). The van der Waals surface area contributed by atoms with Crippen molar-refractivity contribution < 1.29 is 4.92 Å². The van der Waals surface area contributed by atoms with Gasteiger partial charge in [0.25, 0.3) is 5.69 Å². The lowest BCUT2D eigenvalue weighted by Crippen LogP contribution is -2.37. The van der Waals surface area contributed by atoms with Crippen molar-refractivity contribution in [2.75, 3.05) is 13.6 Å². The first-order chi connectivity index (χ1) is 12.0. The molecule has 2 rings (SSSR count). The molecule has 2 N–H and O–H groups in total. The summed E-state index contributed by atoms with van der Waals surface area (Å²) < 4.78 is 1.99. The average molecular weight is 344 g/mol. The van der Waals surface area contributed by atoms with Crippen molar-refractivity contribution in [3.63, 3.8) is 0 Å². The van der Waals surface area contributed by atoms with Crippen LogP contribution in [-0.4, -0.2) is 34.3 Å². The van der Waals surface area contributed by atoms with Crippen LogP contribution < -0.4 is 10.6 Å². The van der Waals surface area contributed by atoms with Gasteiger partial charge < -0.3 is 10.6 Å². The Hall–Kier alpha value is -2.90. The van der Waals surface area contributed by atoms with Crippen LogP contribution in [-0.2, 0) is 13.1 Å². The van der Waals surface area contributed by atoms with Crippen LogP contribution in [0.2, 0.25) is 0 Å². The van der Waals surface area contributed by atoms with Gasteiger partial charge in [-0.25, -0.2) is 0 Å². The Morgan fingerprint density at radius 3 is 2.72 bits per heavy atom. The summed E-state index contributed by atoms with van der Waals surface area (Å²) in [7, 11) is 1.68. The van der Waals surface area contributed by atoms with Gasteiger partial charge in [-0.3, -0.25) is 19.8 Å². The monoisotopic (exact) mass is 344 g/mol. The Kier molecular flexibility index (Phi) is 6.50. The number of nitro groups is 1. The molecule has 0 aliphatic heterocycles. The lowest BCUT2D eigenvalue weighted by Gasteiger charge is -2.12. The highest BCUT2D eigenvalue weighted by molar-refractivity contribution is 5.79. The van der Waals surface area contributed by atoms with Crippen LogP contribution in [0.1, 0.15) is 23.4 Å². The number of aryl methyl sites for hydroxylation is 3. The van der Waals surface area contributed by atoms with E-state index in [0.717, 1.165) is 30.9 Å². The zero-order chi connectivity index (χ0) is 18.2. The van der Waals surface area contributed by atoms with Gasteiger partial charge in [-0.2, -0.15) is 5.10 Å². The van der Waals surface area contributed by atoms with Crippen molar-refractivity contribution in [2.24, 2.45) is 4.99 Å². The quantitative estimate of drug-likeness (QED) is 0.264. The molecule has 134 valence electrons. The van der Waals surface area contributed by atoms with Gasteiger partial charge in [-0.1, -0.05) is 18.2 Å². The van der Waals surface area contributed by atoms with Crippen molar-refractivity contribution in [3.8, 4) is 0 Å².